The van der Waals surface area contributed by atoms with Crippen LogP contribution >= 0.6 is 0 Å². The fraction of sp³-hybridized carbons (Fsp3) is 0.400. The Morgan fingerprint density at radius 1 is 1.36 bits per heavy atom. The highest BCUT2D eigenvalue weighted by molar-refractivity contribution is 5.98. The predicted octanol–water partition coefficient (Wildman–Crippen LogP) is 0.359. The number of hydrogen-bond donors (Lipinski definition) is 2. The van der Waals surface area contributed by atoms with Crippen molar-refractivity contribution < 1.29 is 14.3 Å². The monoisotopic (exact) mass is 302 g/mol. The molecule has 0 bridgehead atoms. The van der Waals surface area contributed by atoms with Crippen LogP contribution in [-0.4, -0.2) is 47.0 Å². The highest BCUT2D eigenvalue weighted by Crippen LogP contribution is 2.21. The van der Waals surface area contributed by atoms with Crippen molar-refractivity contribution in [3.63, 3.8) is 0 Å². The molecule has 7 heteroatoms. The van der Waals surface area contributed by atoms with Gasteiger partial charge in [0.1, 0.15) is 11.2 Å². The minimum atomic E-state index is -0.931. The summed E-state index contributed by atoms with van der Waals surface area (Å²) in [4.78, 5) is 28.9. The molecule has 7 nitrogen and oxygen atoms in total. The lowest BCUT2D eigenvalue weighted by molar-refractivity contribution is -0.130. The summed E-state index contributed by atoms with van der Waals surface area (Å²) in [5.41, 5.74) is 0.238. The van der Waals surface area contributed by atoms with Gasteiger partial charge < -0.3 is 19.8 Å². The molecule has 2 N–H and O–H groups in total. The zero-order valence-electron chi connectivity index (χ0n) is 12.3. The van der Waals surface area contributed by atoms with Gasteiger partial charge in [0.05, 0.1) is 6.33 Å². The summed E-state index contributed by atoms with van der Waals surface area (Å²) in [5, 5.41) is 5.48. The van der Waals surface area contributed by atoms with E-state index >= 15 is 0 Å². The number of carbonyl (C=O) groups is 2. The Morgan fingerprint density at radius 3 is 2.86 bits per heavy atom. The molecule has 0 aromatic carbocycles. The van der Waals surface area contributed by atoms with Crippen molar-refractivity contribution in [2.45, 2.75) is 18.4 Å². The molecule has 0 atom stereocenters. The Morgan fingerprint density at radius 2 is 2.14 bits per heavy atom. The summed E-state index contributed by atoms with van der Waals surface area (Å²) in [6.45, 7) is 0.887. The molecule has 0 unspecified atom stereocenters. The quantitative estimate of drug-likeness (QED) is 0.857. The van der Waals surface area contributed by atoms with Gasteiger partial charge in [0.15, 0.2) is 0 Å². The molecule has 0 radical (unpaired) electrons. The third kappa shape index (κ3) is 2.55. The van der Waals surface area contributed by atoms with Crippen LogP contribution in [0, 0.1) is 0 Å². The minimum Gasteiger partial charge on any atom is -0.381 e. The van der Waals surface area contributed by atoms with Gasteiger partial charge in [0.2, 0.25) is 5.91 Å². The molecule has 1 saturated heterocycles. The van der Waals surface area contributed by atoms with Gasteiger partial charge in [-0.3, -0.25) is 9.59 Å². The van der Waals surface area contributed by atoms with Crippen molar-refractivity contribution >= 4 is 17.3 Å². The maximum Gasteiger partial charge on any atom is 0.270 e. The van der Waals surface area contributed by atoms with E-state index in [1.165, 1.54) is 0 Å². The average Bonchev–Trinajstić information content (AvgIpc) is 3.02. The fourth-order valence-electron chi connectivity index (χ4n) is 2.71. The van der Waals surface area contributed by atoms with E-state index in [4.69, 9.17) is 4.74 Å². The predicted molar refractivity (Wildman–Crippen MR) is 79.5 cm³/mol. The summed E-state index contributed by atoms with van der Waals surface area (Å²) in [7, 11) is 1.57. The van der Waals surface area contributed by atoms with Crippen LogP contribution < -0.4 is 10.6 Å². The molecule has 0 saturated carbocycles. The van der Waals surface area contributed by atoms with E-state index in [0.717, 1.165) is 5.52 Å². The average molecular weight is 302 g/mol. The van der Waals surface area contributed by atoms with Gasteiger partial charge in [0.25, 0.3) is 5.91 Å². The van der Waals surface area contributed by atoms with Crippen molar-refractivity contribution in [3.05, 3.63) is 36.4 Å². The van der Waals surface area contributed by atoms with E-state index in [0.29, 0.717) is 31.7 Å². The largest absolute Gasteiger partial charge is 0.381 e. The van der Waals surface area contributed by atoms with Crippen LogP contribution in [0.5, 0.6) is 0 Å². The highest BCUT2D eigenvalue weighted by Gasteiger charge is 2.41. The fourth-order valence-corrected chi connectivity index (χ4v) is 2.71. The van der Waals surface area contributed by atoms with E-state index in [2.05, 4.69) is 15.6 Å². The standard InChI is InChI=1S/C15H18N4O3/c1-16-14(21)15(4-7-22-8-5-15)18-13(20)12-9-11-3-2-6-19(11)10-17-12/h2-3,6,9-10H,4-5,7-8H2,1H3,(H,16,21)(H,18,20). The Bertz CT molecular complexity index is 704. The lowest BCUT2D eigenvalue weighted by Crippen LogP contribution is -2.60. The van der Waals surface area contributed by atoms with Crippen molar-refractivity contribution in [3.8, 4) is 0 Å². The zero-order valence-corrected chi connectivity index (χ0v) is 12.3. The van der Waals surface area contributed by atoms with Crippen LogP contribution in [-0.2, 0) is 9.53 Å². The molecule has 2 amide bonds. The zero-order chi connectivity index (χ0) is 15.6. The first-order valence-corrected chi connectivity index (χ1v) is 7.20. The normalized spacial score (nSPS) is 17.1. The topological polar surface area (TPSA) is 84.7 Å². The number of nitrogens with zero attached hydrogens (tertiary/aromatic N) is 2. The van der Waals surface area contributed by atoms with Crippen molar-refractivity contribution in [2.75, 3.05) is 20.3 Å². The second kappa shape index (κ2) is 5.76. The summed E-state index contributed by atoms with van der Waals surface area (Å²) < 4.78 is 7.12. The van der Waals surface area contributed by atoms with Crippen molar-refractivity contribution in [2.24, 2.45) is 0 Å². The molecule has 116 valence electrons. The molecule has 3 heterocycles. The number of carbonyl (C=O) groups excluding carboxylic acids is 2. The molecule has 0 aliphatic carbocycles. The van der Waals surface area contributed by atoms with Gasteiger partial charge in [-0.2, -0.15) is 0 Å². The Balaban J connectivity index is 1.85. The second-order valence-corrected chi connectivity index (χ2v) is 5.34. The SMILES string of the molecule is CNC(=O)C1(NC(=O)c2cc3cccn3cn2)CCOCC1. The summed E-state index contributed by atoms with van der Waals surface area (Å²) in [6.07, 6.45) is 4.34. The number of fused-ring (bicyclic) bond motifs is 1. The van der Waals surface area contributed by atoms with Gasteiger partial charge in [-0.15, -0.1) is 0 Å². The lowest BCUT2D eigenvalue weighted by Gasteiger charge is -2.35. The maximum atomic E-state index is 12.5. The first-order valence-electron chi connectivity index (χ1n) is 7.20. The minimum absolute atomic E-state index is 0.201. The van der Waals surface area contributed by atoms with E-state index in [-0.39, 0.29) is 11.8 Å². The summed E-state index contributed by atoms with van der Waals surface area (Å²) in [5.74, 6) is -0.554. The van der Waals surface area contributed by atoms with Crippen LogP contribution in [0.1, 0.15) is 23.3 Å². The van der Waals surface area contributed by atoms with Crippen LogP contribution in [0.15, 0.2) is 30.7 Å². The summed E-state index contributed by atoms with van der Waals surface area (Å²) in [6, 6.07) is 5.47. The molecular formula is C15H18N4O3. The molecule has 1 aliphatic heterocycles. The van der Waals surface area contributed by atoms with Crippen LogP contribution in [0.25, 0.3) is 5.52 Å². The maximum absolute atomic E-state index is 12.5. The lowest BCUT2D eigenvalue weighted by atomic mass is 9.88. The van der Waals surface area contributed by atoms with Crippen LogP contribution in [0.2, 0.25) is 0 Å². The first-order chi connectivity index (χ1) is 10.6. The smallest absolute Gasteiger partial charge is 0.270 e. The number of ether oxygens (including phenoxy) is 1. The Hall–Kier alpha value is -2.41. The Kier molecular flexibility index (Phi) is 3.81. The summed E-state index contributed by atoms with van der Waals surface area (Å²) >= 11 is 0. The third-order valence-corrected chi connectivity index (χ3v) is 4.01. The molecule has 1 aliphatic rings. The van der Waals surface area contributed by atoms with Gasteiger partial charge >= 0.3 is 0 Å². The first kappa shape index (κ1) is 14.5. The van der Waals surface area contributed by atoms with Crippen molar-refractivity contribution in [1.82, 2.24) is 20.0 Å². The van der Waals surface area contributed by atoms with Gasteiger partial charge in [-0.1, -0.05) is 0 Å². The van der Waals surface area contributed by atoms with Gasteiger partial charge in [-0.25, -0.2) is 4.98 Å². The number of hydrogen-bond acceptors (Lipinski definition) is 4. The van der Waals surface area contributed by atoms with E-state index in [1.807, 2.05) is 22.7 Å². The van der Waals surface area contributed by atoms with Crippen molar-refractivity contribution in [1.29, 1.82) is 0 Å². The molecule has 2 aromatic rings. The second-order valence-electron chi connectivity index (χ2n) is 5.34. The molecule has 0 spiro atoms. The van der Waals surface area contributed by atoms with Gasteiger partial charge in [0, 0.05) is 44.8 Å². The van der Waals surface area contributed by atoms with Crippen LogP contribution in [0.3, 0.4) is 0 Å². The molecular weight excluding hydrogens is 284 g/mol. The number of amides is 2. The third-order valence-electron chi connectivity index (χ3n) is 4.01. The molecule has 2 aromatic heterocycles. The molecule has 22 heavy (non-hydrogen) atoms. The van der Waals surface area contributed by atoms with Gasteiger partial charge in [-0.05, 0) is 18.2 Å². The number of aromatic nitrogens is 2. The van der Waals surface area contributed by atoms with E-state index in [9.17, 15) is 9.59 Å². The van der Waals surface area contributed by atoms with Crippen LogP contribution in [0.4, 0.5) is 0 Å². The molecule has 1 fully saturated rings. The number of rotatable bonds is 3. The highest BCUT2D eigenvalue weighted by atomic mass is 16.5. The Labute approximate surface area is 127 Å². The van der Waals surface area contributed by atoms with E-state index < -0.39 is 5.54 Å². The van der Waals surface area contributed by atoms with E-state index in [1.54, 1.807) is 19.4 Å². The number of nitrogens with one attached hydrogen (secondary N) is 2. The number of likely N-dealkylation sites (N-methyl/N-ethyl adjacent to an activating group) is 1. The molecule has 3 rings (SSSR count).